The molecule has 96 valence electrons. The van der Waals surface area contributed by atoms with Crippen LogP contribution in [0.5, 0.6) is 0 Å². The molecule has 0 fully saturated rings. The number of hydrogen-bond acceptors (Lipinski definition) is 2. The zero-order valence-corrected chi connectivity index (χ0v) is 11.6. The number of H-pyrrole nitrogens is 1. The fourth-order valence-corrected chi connectivity index (χ4v) is 2.31. The molecule has 4 nitrogen and oxygen atoms in total. The van der Waals surface area contributed by atoms with Crippen LogP contribution < -0.4 is 5.69 Å². The number of hydrogen-bond donors (Lipinski definition) is 1. The Labute approximate surface area is 112 Å². The lowest BCUT2D eigenvalue weighted by Gasteiger charge is -2.21. The van der Waals surface area contributed by atoms with Crippen molar-refractivity contribution in [3.8, 4) is 0 Å². The number of aromatic amines is 1. The fraction of sp³-hybridized carbons (Fsp3) is 0.333. The van der Waals surface area contributed by atoms with E-state index in [4.69, 9.17) is 0 Å². The monoisotopic (exact) mass is 313 g/mol. The number of benzene rings is 1. The van der Waals surface area contributed by atoms with Gasteiger partial charge < -0.3 is 0 Å². The fourth-order valence-electron chi connectivity index (χ4n) is 1.98. The summed E-state index contributed by atoms with van der Waals surface area (Å²) >= 11 is 3.22. The lowest BCUT2D eigenvalue weighted by Crippen LogP contribution is -2.28. The highest BCUT2D eigenvalue weighted by molar-refractivity contribution is 9.10. The zero-order chi connectivity index (χ0) is 13.3. The molecule has 1 atom stereocenters. The molecule has 0 aliphatic carbocycles. The summed E-state index contributed by atoms with van der Waals surface area (Å²) in [5, 5.41) is 3.95. The lowest BCUT2D eigenvalue weighted by molar-refractivity contribution is 0.379. The first-order chi connectivity index (χ1) is 8.50. The Morgan fingerprint density at radius 2 is 2.17 bits per heavy atom. The first kappa shape index (κ1) is 13.0. The van der Waals surface area contributed by atoms with Crippen LogP contribution in [0.15, 0.2) is 33.8 Å². The van der Waals surface area contributed by atoms with Gasteiger partial charge in [0.1, 0.15) is 12.1 Å². The molecule has 0 aliphatic heterocycles. The summed E-state index contributed by atoms with van der Waals surface area (Å²) in [5.74, 6) is -0.306. The Morgan fingerprint density at radius 3 is 2.67 bits per heavy atom. The molecule has 0 radical (unpaired) electrons. The second kappa shape index (κ2) is 5.06. The minimum atomic E-state index is -0.420. The average molecular weight is 314 g/mol. The predicted molar refractivity (Wildman–Crippen MR) is 69.9 cm³/mol. The summed E-state index contributed by atoms with van der Waals surface area (Å²) in [7, 11) is 0. The third-order valence-electron chi connectivity index (χ3n) is 2.75. The molecule has 0 spiro atoms. The second-order valence-electron chi connectivity index (χ2n) is 4.39. The number of nitrogens with zero attached hydrogens (tertiary/aromatic N) is 2. The number of nitrogens with one attached hydrogen (secondary N) is 1. The van der Waals surface area contributed by atoms with Crippen LogP contribution in [-0.4, -0.2) is 14.8 Å². The van der Waals surface area contributed by atoms with Crippen molar-refractivity contribution in [3.63, 3.8) is 0 Å². The van der Waals surface area contributed by atoms with Gasteiger partial charge in [0.15, 0.2) is 0 Å². The first-order valence-corrected chi connectivity index (χ1v) is 6.37. The second-order valence-corrected chi connectivity index (χ2v) is 5.31. The van der Waals surface area contributed by atoms with E-state index in [2.05, 4.69) is 26.0 Å². The van der Waals surface area contributed by atoms with E-state index in [-0.39, 0.29) is 17.4 Å². The Hall–Kier alpha value is -1.43. The standard InChI is InChI=1S/C12H13BrFN3O/c1-7(2)11(17-12(18)15-6-16-17)9-4-3-8(13)5-10(9)14/h3-7,11H,1-2H3,(H,15,16,18). The number of halogens is 2. The zero-order valence-electron chi connectivity index (χ0n) is 10.0. The third-order valence-corrected chi connectivity index (χ3v) is 3.25. The van der Waals surface area contributed by atoms with Gasteiger partial charge in [-0.25, -0.2) is 13.9 Å². The maximum Gasteiger partial charge on any atom is 0.343 e. The van der Waals surface area contributed by atoms with E-state index in [1.54, 1.807) is 12.1 Å². The first-order valence-electron chi connectivity index (χ1n) is 5.58. The van der Waals surface area contributed by atoms with Gasteiger partial charge in [0.2, 0.25) is 0 Å². The molecule has 18 heavy (non-hydrogen) atoms. The molecular weight excluding hydrogens is 301 g/mol. The van der Waals surface area contributed by atoms with E-state index >= 15 is 0 Å². The van der Waals surface area contributed by atoms with Gasteiger partial charge in [0, 0.05) is 10.0 Å². The Bertz CT molecular complexity index is 605. The van der Waals surface area contributed by atoms with Crippen LogP contribution in [0.1, 0.15) is 25.5 Å². The number of aromatic nitrogens is 3. The molecule has 1 aromatic heterocycles. The topological polar surface area (TPSA) is 50.7 Å². The molecular formula is C12H13BrFN3O. The number of rotatable bonds is 3. The highest BCUT2D eigenvalue weighted by Crippen LogP contribution is 2.28. The van der Waals surface area contributed by atoms with E-state index in [0.717, 1.165) is 0 Å². The average Bonchev–Trinajstić information content (AvgIpc) is 2.68. The quantitative estimate of drug-likeness (QED) is 0.947. The summed E-state index contributed by atoms with van der Waals surface area (Å²) in [6, 6.07) is 4.40. The molecule has 0 amide bonds. The van der Waals surface area contributed by atoms with Crippen molar-refractivity contribution in [3.05, 3.63) is 50.9 Å². The predicted octanol–water partition coefficient (Wildman–Crippen LogP) is 2.72. The van der Waals surface area contributed by atoms with E-state index in [1.165, 1.54) is 17.1 Å². The largest absolute Gasteiger partial charge is 0.343 e. The van der Waals surface area contributed by atoms with E-state index < -0.39 is 6.04 Å². The van der Waals surface area contributed by atoms with Gasteiger partial charge >= 0.3 is 5.69 Å². The van der Waals surface area contributed by atoms with Crippen LogP contribution in [-0.2, 0) is 0 Å². The summed E-state index contributed by atoms with van der Waals surface area (Å²) < 4.78 is 15.9. The van der Waals surface area contributed by atoms with Crippen LogP contribution in [0, 0.1) is 11.7 Å². The van der Waals surface area contributed by atoms with Crippen LogP contribution in [0.2, 0.25) is 0 Å². The molecule has 1 unspecified atom stereocenters. The normalized spacial score (nSPS) is 12.9. The lowest BCUT2D eigenvalue weighted by atomic mass is 9.96. The summed E-state index contributed by atoms with van der Waals surface area (Å²) in [5.41, 5.74) is 0.124. The molecule has 1 N–H and O–H groups in total. The molecule has 0 aliphatic rings. The van der Waals surface area contributed by atoms with Gasteiger partial charge in [0.25, 0.3) is 0 Å². The van der Waals surface area contributed by atoms with Crippen molar-refractivity contribution in [1.29, 1.82) is 0 Å². The SMILES string of the molecule is CC(C)C(c1ccc(Br)cc1F)n1nc[nH]c1=O. The Balaban J connectivity index is 2.56. The molecule has 1 heterocycles. The summed E-state index contributed by atoms with van der Waals surface area (Å²) in [6.45, 7) is 3.85. The van der Waals surface area contributed by atoms with E-state index in [0.29, 0.717) is 10.0 Å². The minimum absolute atomic E-state index is 0.0432. The van der Waals surface area contributed by atoms with E-state index in [1.807, 2.05) is 13.8 Å². The molecule has 2 aromatic rings. The van der Waals surface area contributed by atoms with Gasteiger partial charge in [0.05, 0.1) is 6.04 Å². The van der Waals surface area contributed by atoms with Gasteiger partial charge in [-0.15, -0.1) is 0 Å². The van der Waals surface area contributed by atoms with Gasteiger partial charge in [-0.1, -0.05) is 35.8 Å². The third kappa shape index (κ3) is 2.38. The maximum absolute atomic E-state index is 14.0. The van der Waals surface area contributed by atoms with Crippen LogP contribution in [0.4, 0.5) is 4.39 Å². The highest BCUT2D eigenvalue weighted by Gasteiger charge is 2.23. The van der Waals surface area contributed by atoms with E-state index in [9.17, 15) is 9.18 Å². The van der Waals surface area contributed by atoms with Crippen molar-refractivity contribution in [2.75, 3.05) is 0 Å². The van der Waals surface area contributed by atoms with Crippen LogP contribution in [0.25, 0.3) is 0 Å². The van der Waals surface area contributed by atoms with Crippen molar-refractivity contribution < 1.29 is 4.39 Å². The smallest absolute Gasteiger partial charge is 0.295 e. The summed E-state index contributed by atoms with van der Waals surface area (Å²) in [4.78, 5) is 14.1. The van der Waals surface area contributed by atoms with Gasteiger partial charge in [-0.2, -0.15) is 5.10 Å². The minimum Gasteiger partial charge on any atom is -0.295 e. The molecule has 6 heteroatoms. The molecule has 2 rings (SSSR count). The van der Waals surface area contributed by atoms with Crippen molar-refractivity contribution in [2.24, 2.45) is 5.92 Å². The molecule has 0 saturated carbocycles. The maximum atomic E-state index is 14.0. The Kier molecular flexibility index (Phi) is 3.65. The van der Waals surface area contributed by atoms with Crippen molar-refractivity contribution >= 4 is 15.9 Å². The van der Waals surface area contributed by atoms with Crippen molar-refractivity contribution in [2.45, 2.75) is 19.9 Å². The van der Waals surface area contributed by atoms with Gasteiger partial charge in [-0.3, -0.25) is 4.98 Å². The molecule has 1 aromatic carbocycles. The van der Waals surface area contributed by atoms with Gasteiger partial charge in [-0.05, 0) is 18.1 Å². The highest BCUT2D eigenvalue weighted by atomic mass is 79.9. The Morgan fingerprint density at radius 1 is 1.44 bits per heavy atom. The molecule has 0 saturated heterocycles. The van der Waals surface area contributed by atoms with Crippen molar-refractivity contribution in [1.82, 2.24) is 14.8 Å². The van der Waals surface area contributed by atoms with Crippen LogP contribution >= 0.6 is 15.9 Å². The van der Waals surface area contributed by atoms with Crippen LogP contribution in [0.3, 0.4) is 0 Å². The molecule has 0 bridgehead atoms. The summed E-state index contributed by atoms with van der Waals surface area (Å²) in [6.07, 6.45) is 1.31.